The SMILES string of the molecule is COc1cncc(C(C)Nc2ccc3c(c2)Cc2cccc(C4CN(c5ccc[nH]c5=O)CCO4)c2O3)n1. The third-order valence-electron chi connectivity index (χ3n) is 7.00. The van der Waals surface area contributed by atoms with Gasteiger partial charge in [0.2, 0.25) is 5.88 Å². The van der Waals surface area contributed by atoms with E-state index in [4.69, 9.17) is 14.2 Å². The molecule has 2 N–H and O–H groups in total. The molecule has 9 heteroatoms. The molecule has 2 aromatic heterocycles. The Bertz CT molecular complexity index is 1520. The minimum absolute atomic E-state index is 0.0534. The second-order valence-corrected chi connectivity index (χ2v) is 9.48. The zero-order valence-corrected chi connectivity index (χ0v) is 21.3. The van der Waals surface area contributed by atoms with Crippen LogP contribution in [0.15, 0.2) is 71.9 Å². The molecule has 9 nitrogen and oxygen atoms in total. The predicted octanol–water partition coefficient (Wildman–Crippen LogP) is 4.62. The fourth-order valence-corrected chi connectivity index (χ4v) is 5.06. The number of benzene rings is 2. The Morgan fingerprint density at radius 2 is 2.08 bits per heavy atom. The van der Waals surface area contributed by atoms with Gasteiger partial charge in [0.25, 0.3) is 5.56 Å². The monoisotopic (exact) mass is 511 g/mol. The Morgan fingerprint density at radius 3 is 2.95 bits per heavy atom. The minimum atomic E-state index is -0.203. The Labute approximate surface area is 220 Å². The number of hydrogen-bond donors (Lipinski definition) is 2. The van der Waals surface area contributed by atoms with Gasteiger partial charge in [-0.25, -0.2) is 4.98 Å². The number of ether oxygens (including phenoxy) is 3. The third kappa shape index (κ3) is 4.68. The first-order valence-corrected chi connectivity index (χ1v) is 12.7. The summed E-state index contributed by atoms with van der Waals surface area (Å²) in [7, 11) is 1.58. The van der Waals surface area contributed by atoms with Crippen molar-refractivity contribution >= 4 is 11.4 Å². The van der Waals surface area contributed by atoms with Crippen molar-refractivity contribution in [3.63, 3.8) is 0 Å². The maximum absolute atomic E-state index is 12.4. The highest BCUT2D eigenvalue weighted by molar-refractivity contribution is 5.59. The van der Waals surface area contributed by atoms with Gasteiger partial charge in [-0.15, -0.1) is 0 Å². The van der Waals surface area contributed by atoms with E-state index in [0.717, 1.165) is 46.0 Å². The van der Waals surface area contributed by atoms with E-state index in [1.54, 1.807) is 25.7 Å². The van der Waals surface area contributed by atoms with Crippen LogP contribution < -0.4 is 25.2 Å². The molecule has 4 aromatic rings. The fourth-order valence-electron chi connectivity index (χ4n) is 5.06. The van der Waals surface area contributed by atoms with Gasteiger partial charge in [-0.1, -0.05) is 18.2 Å². The lowest BCUT2D eigenvalue weighted by atomic mass is 9.95. The molecule has 4 heterocycles. The molecule has 0 radical (unpaired) electrons. The van der Waals surface area contributed by atoms with Gasteiger partial charge < -0.3 is 29.4 Å². The van der Waals surface area contributed by atoms with Crippen molar-refractivity contribution in [3.05, 3.63) is 99.9 Å². The van der Waals surface area contributed by atoms with Crippen molar-refractivity contribution in [1.82, 2.24) is 15.0 Å². The number of aromatic nitrogens is 3. The number of hydrogen-bond acceptors (Lipinski definition) is 8. The Morgan fingerprint density at radius 1 is 1.16 bits per heavy atom. The summed E-state index contributed by atoms with van der Waals surface area (Å²) >= 11 is 0. The molecular formula is C29H29N5O4. The number of methoxy groups -OCH3 is 1. The normalized spacial score (nSPS) is 17.1. The first-order valence-electron chi connectivity index (χ1n) is 12.7. The molecule has 0 amide bonds. The molecule has 38 heavy (non-hydrogen) atoms. The molecule has 6 rings (SSSR count). The molecule has 2 atom stereocenters. The van der Waals surface area contributed by atoms with Crippen LogP contribution in [0.5, 0.6) is 17.4 Å². The molecule has 0 bridgehead atoms. The van der Waals surface area contributed by atoms with Crippen LogP contribution >= 0.6 is 0 Å². The van der Waals surface area contributed by atoms with E-state index in [2.05, 4.69) is 43.4 Å². The number of rotatable bonds is 6. The molecule has 2 aromatic carbocycles. The Hall–Kier alpha value is -4.37. The number of fused-ring (bicyclic) bond motifs is 2. The lowest BCUT2D eigenvalue weighted by Crippen LogP contribution is -2.41. The number of pyridine rings is 1. The number of nitrogens with zero attached hydrogens (tertiary/aromatic N) is 3. The Balaban J connectivity index is 1.21. The molecule has 0 spiro atoms. The van der Waals surface area contributed by atoms with Crippen molar-refractivity contribution < 1.29 is 14.2 Å². The fraction of sp³-hybridized carbons (Fsp3) is 0.276. The first-order chi connectivity index (χ1) is 18.6. The summed E-state index contributed by atoms with van der Waals surface area (Å²) in [5.41, 5.74) is 5.55. The van der Waals surface area contributed by atoms with Crippen LogP contribution in [-0.2, 0) is 11.2 Å². The van der Waals surface area contributed by atoms with Gasteiger partial charge in [0.15, 0.2) is 0 Å². The highest BCUT2D eigenvalue weighted by Crippen LogP contribution is 2.43. The number of morpholine rings is 1. The average molecular weight is 512 g/mol. The minimum Gasteiger partial charge on any atom is -0.480 e. The molecular weight excluding hydrogens is 482 g/mol. The van der Waals surface area contributed by atoms with Gasteiger partial charge >= 0.3 is 0 Å². The summed E-state index contributed by atoms with van der Waals surface area (Å²) in [5.74, 6) is 2.16. The number of nitrogens with one attached hydrogen (secondary N) is 2. The van der Waals surface area contributed by atoms with Gasteiger partial charge in [0, 0.05) is 42.5 Å². The maximum atomic E-state index is 12.4. The van der Waals surface area contributed by atoms with Crippen LogP contribution in [0, 0.1) is 0 Å². The number of para-hydroxylation sites is 1. The second kappa shape index (κ2) is 10.2. The molecule has 194 valence electrons. The summed E-state index contributed by atoms with van der Waals surface area (Å²) < 4.78 is 17.8. The molecule has 0 aliphatic carbocycles. The Kier molecular flexibility index (Phi) is 6.43. The van der Waals surface area contributed by atoms with Crippen LogP contribution in [0.3, 0.4) is 0 Å². The smallest absolute Gasteiger partial charge is 0.271 e. The zero-order valence-electron chi connectivity index (χ0n) is 21.3. The largest absolute Gasteiger partial charge is 0.480 e. The van der Waals surface area contributed by atoms with Crippen molar-refractivity contribution in [2.24, 2.45) is 0 Å². The number of anilines is 2. The van der Waals surface area contributed by atoms with Gasteiger partial charge in [0.05, 0.1) is 37.8 Å². The van der Waals surface area contributed by atoms with Crippen LogP contribution in [-0.4, -0.2) is 41.8 Å². The quantitative estimate of drug-likeness (QED) is 0.341. The topological polar surface area (TPSA) is 102 Å². The van der Waals surface area contributed by atoms with E-state index < -0.39 is 0 Å². The highest BCUT2D eigenvalue weighted by atomic mass is 16.5. The standard InChI is InChI=1S/C29H29N5O4/c1-18(23-15-30-16-27(33-23)36-2)32-21-8-9-25-20(14-21)13-19-5-3-6-22(28(19)38-25)26-17-34(11-12-37-26)24-7-4-10-31-29(24)35/h3-10,14-16,18,26,32H,11-13,17H2,1-2H3,(H,31,35). The van der Waals surface area contributed by atoms with Crippen molar-refractivity contribution in [2.75, 3.05) is 37.0 Å². The van der Waals surface area contributed by atoms with Crippen LogP contribution in [0.4, 0.5) is 11.4 Å². The maximum Gasteiger partial charge on any atom is 0.271 e. The summed E-state index contributed by atoms with van der Waals surface area (Å²) in [6.07, 6.45) is 5.52. The van der Waals surface area contributed by atoms with Gasteiger partial charge in [-0.3, -0.25) is 9.78 Å². The second-order valence-electron chi connectivity index (χ2n) is 9.48. The van der Waals surface area contributed by atoms with Crippen LogP contribution in [0.2, 0.25) is 0 Å². The molecule has 2 aliphatic rings. The third-order valence-corrected chi connectivity index (χ3v) is 7.00. The van der Waals surface area contributed by atoms with Crippen molar-refractivity contribution in [3.8, 4) is 17.4 Å². The van der Waals surface area contributed by atoms with Gasteiger partial charge in [0.1, 0.15) is 23.3 Å². The van der Waals surface area contributed by atoms with Gasteiger partial charge in [-0.05, 0) is 42.8 Å². The molecule has 0 saturated carbocycles. The predicted molar refractivity (Wildman–Crippen MR) is 144 cm³/mol. The molecule has 2 aliphatic heterocycles. The van der Waals surface area contributed by atoms with E-state index in [1.807, 2.05) is 37.3 Å². The molecule has 1 saturated heterocycles. The lowest BCUT2D eigenvalue weighted by molar-refractivity contribution is 0.0383. The van der Waals surface area contributed by atoms with E-state index in [1.165, 1.54) is 0 Å². The average Bonchev–Trinajstić information content (AvgIpc) is 2.96. The first kappa shape index (κ1) is 24.0. The van der Waals surface area contributed by atoms with Crippen molar-refractivity contribution in [1.29, 1.82) is 0 Å². The summed E-state index contributed by atoms with van der Waals surface area (Å²) in [4.78, 5) is 25.9. The molecule has 1 fully saturated rings. The van der Waals surface area contributed by atoms with Gasteiger partial charge in [-0.2, -0.15) is 0 Å². The van der Waals surface area contributed by atoms with Crippen LogP contribution in [0.1, 0.15) is 41.5 Å². The summed E-state index contributed by atoms with van der Waals surface area (Å²) in [6.45, 7) is 3.81. The van der Waals surface area contributed by atoms with E-state index in [0.29, 0.717) is 31.3 Å². The lowest BCUT2D eigenvalue weighted by Gasteiger charge is -2.35. The van der Waals surface area contributed by atoms with Crippen molar-refractivity contribution in [2.45, 2.75) is 25.5 Å². The van der Waals surface area contributed by atoms with E-state index in [9.17, 15) is 4.79 Å². The molecule has 2 unspecified atom stereocenters. The number of H-pyrrole nitrogens is 1. The summed E-state index contributed by atoms with van der Waals surface area (Å²) in [5, 5.41) is 3.50. The highest BCUT2D eigenvalue weighted by Gasteiger charge is 2.29. The summed E-state index contributed by atoms with van der Waals surface area (Å²) in [6, 6.07) is 16.0. The van der Waals surface area contributed by atoms with E-state index >= 15 is 0 Å². The zero-order chi connectivity index (χ0) is 26.1. The van der Waals surface area contributed by atoms with Crippen LogP contribution in [0.25, 0.3) is 0 Å². The number of aromatic amines is 1. The van der Waals surface area contributed by atoms with E-state index in [-0.39, 0.29) is 17.7 Å².